The molecule has 2 aliphatic heterocycles. The molecule has 0 radical (unpaired) electrons. The first-order chi connectivity index (χ1) is 15.5. The number of benzene rings is 2. The quantitative estimate of drug-likeness (QED) is 0.672. The average molecular weight is 439 g/mol. The number of carbonyl (C=O) groups is 3. The van der Waals surface area contributed by atoms with E-state index in [1.165, 1.54) is 7.11 Å². The van der Waals surface area contributed by atoms with Gasteiger partial charge in [0.1, 0.15) is 11.8 Å². The molecule has 0 saturated carbocycles. The van der Waals surface area contributed by atoms with Gasteiger partial charge in [0.05, 0.1) is 14.2 Å². The zero-order chi connectivity index (χ0) is 22.7. The predicted molar refractivity (Wildman–Crippen MR) is 120 cm³/mol. The molecule has 2 atom stereocenters. The van der Waals surface area contributed by atoms with Crippen LogP contribution >= 0.6 is 0 Å². The summed E-state index contributed by atoms with van der Waals surface area (Å²) in [6.45, 7) is 0.571. The lowest BCUT2D eigenvalue weighted by atomic mass is 9.83. The number of hydrogen-bond donors (Lipinski definition) is 1. The van der Waals surface area contributed by atoms with Gasteiger partial charge >= 0.3 is 5.97 Å². The summed E-state index contributed by atoms with van der Waals surface area (Å²) in [5.41, 5.74) is 0.634. The van der Waals surface area contributed by atoms with Gasteiger partial charge in [0.15, 0.2) is 0 Å². The number of esters is 1. The summed E-state index contributed by atoms with van der Waals surface area (Å²) in [4.78, 5) is 38.9. The zero-order valence-electron chi connectivity index (χ0n) is 18.7. The number of amides is 2. The highest BCUT2D eigenvalue weighted by atomic mass is 16.5. The van der Waals surface area contributed by atoms with Gasteiger partial charge in [0, 0.05) is 30.3 Å². The van der Waals surface area contributed by atoms with Crippen LogP contribution in [-0.2, 0) is 25.5 Å². The highest BCUT2D eigenvalue weighted by molar-refractivity contribution is 5.91. The molecule has 2 aromatic carbocycles. The van der Waals surface area contributed by atoms with Crippen LogP contribution in [0.1, 0.15) is 44.1 Å². The van der Waals surface area contributed by atoms with E-state index in [9.17, 15) is 14.4 Å². The molecule has 0 aliphatic carbocycles. The van der Waals surface area contributed by atoms with Crippen molar-refractivity contribution in [1.82, 2.24) is 10.2 Å². The first-order valence-electron chi connectivity index (χ1n) is 11.2. The standard InChI is InChI=1S/C25H30N2O5/c1-31-21-10-9-17(18-6-3-4-7-19(18)21)16-25(13-11-22(28)26-25)14-12-23(29)27-15-5-8-20(27)24(30)32-2/h3-4,6-7,9-10,20H,5,8,11-16H2,1-2H3,(H,26,28)/t20-,25-/m0/s1. The lowest BCUT2D eigenvalue weighted by Crippen LogP contribution is -2.46. The maximum atomic E-state index is 13.0. The van der Waals surface area contributed by atoms with E-state index in [0.29, 0.717) is 38.6 Å². The van der Waals surface area contributed by atoms with Crippen molar-refractivity contribution < 1.29 is 23.9 Å². The van der Waals surface area contributed by atoms with Crippen molar-refractivity contribution in [3.63, 3.8) is 0 Å². The summed E-state index contributed by atoms with van der Waals surface area (Å²) in [5, 5.41) is 5.28. The molecule has 7 heteroatoms. The molecular formula is C25H30N2O5. The van der Waals surface area contributed by atoms with Gasteiger partial charge in [-0.1, -0.05) is 30.3 Å². The van der Waals surface area contributed by atoms with Crippen molar-refractivity contribution in [3.05, 3.63) is 42.0 Å². The van der Waals surface area contributed by atoms with Crippen molar-refractivity contribution in [2.45, 2.75) is 56.5 Å². The minimum Gasteiger partial charge on any atom is -0.496 e. The van der Waals surface area contributed by atoms with Crippen LogP contribution in [0.3, 0.4) is 0 Å². The van der Waals surface area contributed by atoms with E-state index in [-0.39, 0.29) is 24.2 Å². The average Bonchev–Trinajstić information content (AvgIpc) is 3.45. The molecule has 7 nitrogen and oxygen atoms in total. The Kier molecular flexibility index (Phi) is 6.35. The zero-order valence-corrected chi connectivity index (χ0v) is 18.7. The second-order valence-corrected chi connectivity index (χ2v) is 8.75. The summed E-state index contributed by atoms with van der Waals surface area (Å²) >= 11 is 0. The van der Waals surface area contributed by atoms with E-state index >= 15 is 0 Å². The Balaban J connectivity index is 1.54. The van der Waals surface area contributed by atoms with E-state index in [4.69, 9.17) is 9.47 Å². The van der Waals surface area contributed by atoms with Crippen LogP contribution in [0, 0.1) is 0 Å². The third-order valence-electron chi connectivity index (χ3n) is 6.82. The van der Waals surface area contributed by atoms with Gasteiger partial charge in [-0.05, 0) is 49.1 Å². The number of rotatable bonds is 7. The minimum atomic E-state index is -0.493. The van der Waals surface area contributed by atoms with Crippen LogP contribution in [0.25, 0.3) is 10.8 Å². The molecule has 0 aromatic heterocycles. The third kappa shape index (κ3) is 4.29. The lowest BCUT2D eigenvalue weighted by Gasteiger charge is -2.31. The Morgan fingerprint density at radius 3 is 2.62 bits per heavy atom. The fourth-order valence-corrected chi connectivity index (χ4v) is 5.15. The van der Waals surface area contributed by atoms with E-state index in [1.807, 2.05) is 30.3 Å². The molecule has 4 rings (SSSR count). The summed E-state index contributed by atoms with van der Waals surface area (Å²) in [7, 11) is 3.01. The fourth-order valence-electron chi connectivity index (χ4n) is 5.15. The molecule has 1 N–H and O–H groups in total. The predicted octanol–water partition coefficient (Wildman–Crippen LogP) is 2.98. The second kappa shape index (κ2) is 9.18. The molecule has 0 bridgehead atoms. The second-order valence-electron chi connectivity index (χ2n) is 8.75. The van der Waals surface area contributed by atoms with Gasteiger partial charge in [0.25, 0.3) is 0 Å². The van der Waals surface area contributed by atoms with Crippen LogP contribution < -0.4 is 10.1 Å². The first-order valence-corrected chi connectivity index (χ1v) is 11.2. The van der Waals surface area contributed by atoms with Gasteiger partial charge in [-0.25, -0.2) is 4.79 Å². The van der Waals surface area contributed by atoms with Crippen molar-refractivity contribution in [2.24, 2.45) is 0 Å². The topological polar surface area (TPSA) is 84.9 Å². The van der Waals surface area contributed by atoms with Gasteiger partial charge in [0.2, 0.25) is 11.8 Å². The Labute approximate surface area is 188 Å². The monoisotopic (exact) mass is 438 g/mol. The molecule has 0 unspecified atom stereocenters. The SMILES string of the molecule is COC(=O)[C@@H]1CCCN1C(=O)CC[C@]1(Cc2ccc(OC)c3ccccc23)CCC(=O)N1. The van der Waals surface area contributed by atoms with Crippen molar-refractivity contribution >= 4 is 28.6 Å². The van der Waals surface area contributed by atoms with E-state index < -0.39 is 11.6 Å². The Morgan fingerprint density at radius 1 is 1.16 bits per heavy atom. The van der Waals surface area contributed by atoms with Gasteiger partial charge < -0.3 is 19.7 Å². The summed E-state index contributed by atoms with van der Waals surface area (Å²) in [6.07, 6.45) is 4.02. The Bertz CT molecular complexity index is 1040. The van der Waals surface area contributed by atoms with E-state index in [2.05, 4.69) is 11.4 Å². The molecule has 2 aliphatic rings. The van der Waals surface area contributed by atoms with Crippen LogP contribution in [0.2, 0.25) is 0 Å². The molecule has 2 amide bonds. The number of ether oxygens (including phenoxy) is 2. The smallest absolute Gasteiger partial charge is 0.328 e. The first kappa shape index (κ1) is 22.1. The third-order valence-corrected chi connectivity index (χ3v) is 6.82. The Morgan fingerprint density at radius 2 is 1.94 bits per heavy atom. The van der Waals surface area contributed by atoms with E-state index in [0.717, 1.165) is 28.5 Å². The molecule has 2 saturated heterocycles. The number of fused-ring (bicyclic) bond motifs is 1. The van der Waals surface area contributed by atoms with Gasteiger partial charge in [-0.3, -0.25) is 9.59 Å². The maximum absolute atomic E-state index is 13.0. The van der Waals surface area contributed by atoms with Gasteiger partial charge in [-0.2, -0.15) is 0 Å². The number of likely N-dealkylation sites (tertiary alicyclic amines) is 1. The van der Waals surface area contributed by atoms with Crippen molar-refractivity contribution in [3.8, 4) is 5.75 Å². The molecule has 2 aromatic rings. The number of nitrogens with one attached hydrogen (secondary N) is 1. The summed E-state index contributed by atoms with van der Waals surface area (Å²) < 4.78 is 10.4. The Hall–Kier alpha value is -3.09. The normalized spacial score (nSPS) is 22.8. The number of nitrogens with zero attached hydrogens (tertiary/aromatic N) is 1. The van der Waals surface area contributed by atoms with E-state index in [1.54, 1.807) is 12.0 Å². The molecule has 170 valence electrons. The molecular weight excluding hydrogens is 408 g/mol. The van der Waals surface area contributed by atoms with Crippen molar-refractivity contribution in [2.75, 3.05) is 20.8 Å². The highest BCUT2D eigenvalue weighted by Crippen LogP contribution is 2.35. The summed E-state index contributed by atoms with van der Waals surface area (Å²) in [6, 6.07) is 11.6. The van der Waals surface area contributed by atoms with Crippen molar-refractivity contribution in [1.29, 1.82) is 0 Å². The van der Waals surface area contributed by atoms with Gasteiger partial charge in [-0.15, -0.1) is 0 Å². The fraction of sp³-hybridized carbons (Fsp3) is 0.480. The molecule has 32 heavy (non-hydrogen) atoms. The van der Waals surface area contributed by atoms with Crippen LogP contribution in [0.5, 0.6) is 5.75 Å². The molecule has 0 spiro atoms. The lowest BCUT2D eigenvalue weighted by molar-refractivity contribution is -0.151. The summed E-state index contributed by atoms with van der Waals surface area (Å²) in [5.74, 6) is 0.415. The van der Waals surface area contributed by atoms with Crippen LogP contribution in [0.15, 0.2) is 36.4 Å². The molecule has 2 heterocycles. The number of methoxy groups -OCH3 is 2. The minimum absolute atomic E-state index is 0.0175. The molecule has 2 fully saturated rings. The maximum Gasteiger partial charge on any atom is 0.328 e. The number of hydrogen-bond acceptors (Lipinski definition) is 5. The van der Waals surface area contributed by atoms with Crippen LogP contribution in [0.4, 0.5) is 0 Å². The number of carbonyl (C=O) groups excluding carboxylic acids is 3. The highest BCUT2D eigenvalue weighted by Gasteiger charge is 2.40. The largest absolute Gasteiger partial charge is 0.496 e. The van der Waals surface area contributed by atoms with Crippen LogP contribution in [-0.4, -0.2) is 55.0 Å².